The van der Waals surface area contributed by atoms with Gasteiger partial charge in [0, 0.05) is 31.1 Å². The van der Waals surface area contributed by atoms with Crippen LogP contribution in [-0.2, 0) is 27.7 Å². The molecule has 35 heavy (non-hydrogen) atoms. The molecular weight excluding hydrogens is 470 g/mol. The lowest BCUT2D eigenvalue weighted by Crippen LogP contribution is -2.39. The molecule has 2 heterocycles. The van der Waals surface area contributed by atoms with E-state index in [4.69, 9.17) is 4.74 Å². The molecule has 2 atom stereocenters. The predicted octanol–water partition coefficient (Wildman–Crippen LogP) is 1.02. The van der Waals surface area contributed by atoms with Crippen LogP contribution in [0, 0.1) is 0 Å². The van der Waals surface area contributed by atoms with Crippen LogP contribution in [-0.4, -0.2) is 68.0 Å². The summed E-state index contributed by atoms with van der Waals surface area (Å²) in [4.78, 5) is 24.2. The molecule has 1 saturated heterocycles. The van der Waals surface area contributed by atoms with E-state index < -0.39 is 28.0 Å². The first-order valence-electron chi connectivity index (χ1n) is 11.5. The summed E-state index contributed by atoms with van der Waals surface area (Å²) in [5.41, 5.74) is 2.57. The zero-order chi connectivity index (χ0) is 25.0. The number of ether oxygens (including phenoxy) is 1. The van der Waals surface area contributed by atoms with Crippen molar-refractivity contribution in [1.29, 1.82) is 0 Å². The van der Waals surface area contributed by atoms with Gasteiger partial charge in [-0.3, -0.25) is 9.59 Å². The summed E-state index contributed by atoms with van der Waals surface area (Å²) in [5, 5.41) is 15.2. The van der Waals surface area contributed by atoms with Crippen LogP contribution in [0.2, 0.25) is 0 Å². The van der Waals surface area contributed by atoms with Crippen LogP contribution in [0.15, 0.2) is 60.0 Å². The SMILES string of the molecule is C=CC(=O)NC1CC(CO)N(S(=O)(=O)c2ccc(C(=O)NCCc3cccc4c3OCC4)cc2)C1. The number of sulfonamides is 1. The van der Waals surface area contributed by atoms with Crippen LogP contribution in [0.5, 0.6) is 5.75 Å². The summed E-state index contributed by atoms with van der Waals surface area (Å²) >= 11 is 0. The average molecular weight is 500 g/mol. The molecule has 0 radical (unpaired) electrons. The van der Waals surface area contributed by atoms with Crippen LogP contribution in [0.3, 0.4) is 0 Å². The van der Waals surface area contributed by atoms with Crippen molar-refractivity contribution in [3.8, 4) is 5.75 Å². The highest BCUT2D eigenvalue weighted by atomic mass is 32.2. The maximum absolute atomic E-state index is 13.2. The molecule has 0 bridgehead atoms. The fourth-order valence-corrected chi connectivity index (χ4v) is 6.19. The summed E-state index contributed by atoms with van der Waals surface area (Å²) in [5.74, 6) is 0.209. The number of amides is 2. The molecule has 2 aliphatic heterocycles. The van der Waals surface area contributed by atoms with Crippen molar-refractivity contribution < 1.29 is 27.9 Å². The van der Waals surface area contributed by atoms with Crippen molar-refractivity contribution in [1.82, 2.24) is 14.9 Å². The normalized spacial score (nSPS) is 19.6. The Bertz CT molecular complexity index is 1210. The minimum atomic E-state index is -3.93. The summed E-state index contributed by atoms with van der Waals surface area (Å²) < 4.78 is 33.2. The fraction of sp³-hybridized carbons (Fsp3) is 0.360. The van der Waals surface area contributed by atoms with Gasteiger partial charge in [0.2, 0.25) is 15.9 Å². The number of rotatable bonds is 9. The molecule has 186 valence electrons. The summed E-state index contributed by atoms with van der Waals surface area (Å²) in [6.45, 7) is 4.17. The minimum absolute atomic E-state index is 0.0141. The number of fused-ring (bicyclic) bond motifs is 1. The highest BCUT2D eigenvalue weighted by molar-refractivity contribution is 7.89. The number of nitrogens with zero attached hydrogens (tertiary/aromatic N) is 1. The summed E-state index contributed by atoms with van der Waals surface area (Å²) in [6.07, 6.45) is 2.94. The van der Waals surface area contributed by atoms with Gasteiger partial charge in [-0.2, -0.15) is 4.31 Å². The van der Waals surface area contributed by atoms with Crippen LogP contribution >= 0.6 is 0 Å². The Kier molecular flexibility index (Phi) is 7.54. The second kappa shape index (κ2) is 10.6. The number of carbonyl (C=O) groups is 2. The Morgan fingerprint density at radius 2 is 1.97 bits per heavy atom. The van der Waals surface area contributed by atoms with Gasteiger partial charge < -0.3 is 20.5 Å². The molecule has 9 nitrogen and oxygen atoms in total. The molecule has 10 heteroatoms. The van der Waals surface area contributed by atoms with Gasteiger partial charge in [0.15, 0.2) is 0 Å². The van der Waals surface area contributed by atoms with Crippen LogP contribution in [0.1, 0.15) is 27.9 Å². The van der Waals surface area contributed by atoms with Crippen LogP contribution in [0.4, 0.5) is 0 Å². The number of carbonyl (C=O) groups excluding carboxylic acids is 2. The van der Waals surface area contributed by atoms with E-state index in [2.05, 4.69) is 17.2 Å². The average Bonchev–Trinajstić information content (AvgIpc) is 3.51. The first-order chi connectivity index (χ1) is 16.8. The van der Waals surface area contributed by atoms with E-state index in [9.17, 15) is 23.1 Å². The van der Waals surface area contributed by atoms with Gasteiger partial charge in [-0.15, -0.1) is 0 Å². The molecule has 2 aromatic carbocycles. The van der Waals surface area contributed by atoms with E-state index in [0.29, 0.717) is 31.6 Å². The minimum Gasteiger partial charge on any atom is -0.493 e. The van der Waals surface area contributed by atoms with E-state index in [0.717, 1.165) is 23.8 Å². The zero-order valence-corrected chi connectivity index (χ0v) is 20.1. The van der Waals surface area contributed by atoms with E-state index in [1.807, 2.05) is 18.2 Å². The molecular formula is C25H29N3O6S. The third-order valence-corrected chi connectivity index (χ3v) is 8.24. The van der Waals surface area contributed by atoms with Gasteiger partial charge >= 0.3 is 0 Å². The molecule has 2 aromatic rings. The Morgan fingerprint density at radius 3 is 2.69 bits per heavy atom. The Hall–Kier alpha value is -3.21. The highest BCUT2D eigenvalue weighted by Crippen LogP contribution is 2.29. The maximum atomic E-state index is 13.2. The van der Waals surface area contributed by atoms with E-state index in [-0.39, 0.29) is 24.0 Å². The summed E-state index contributed by atoms with van der Waals surface area (Å²) in [6, 6.07) is 10.6. The third kappa shape index (κ3) is 5.39. The van der Waals surface area contributed by atoms with Crippen LogP contribution < -0.4 is 15.4 Å². The largest absolute Gasteiger partial charge is 0.493 e. The second-order valence-corrected chi connectivity index (χ2v) is 10.5. The quantitative estimate of drug-likeness (QED) is 0.443. The van der Waals surface area contributed by atoms with Gasteiger partial charge in [0.1, 0.15) is 5.75 Å². The van der Waals surface area contributed by atoms with Crippen molar-refractivity contribution in [2.45, 2.75) is 36.2 Å². The van der Waals surface area contributed by atoms with E-state index >= 15 is 0 Å². The molecule has 4 rings (SSSR count). The van der Waals surface area contributed by atoms with Gasteiger partial charge in [-0.1, -0.05) is 24.8 Å². The lowest BCUT2D eigenvalue weighted by atomic mass is 10.1. The van der Waals surface area contributed by atoms with Crippen molar-refractivity contribution in [2.75, 3.05) is 26.3 Å². The smallest absolute Gasteiger partial charge is 0.251 e. The van der Waals surface area contributed by atoms with Crippen molar-refractivity contribution in [2.24, 2.45) is 0 Å². The third-order valence-electron chi connectivity index (χ3n) is 6.31. The fourth-order valence-electron chi connectivity index (χ4n) is 4.52. The Labute approximate surface area is 204 Å². The molecule has 3 N–H and O–H groups in total. The number of para-hydroxylation sites is 1. The maximum Gasteiger partial charge on any atom is 0.251 e. The van der Waals surface area contributed by atoms with Crippen LogP contribution in [0.25, 0.3) is 0 Å². The zero-order valence-electron chi connectivity index (χ0n) is 19.3. The lowest BCUT2D eigenvalue weighted by Gasteiger charge is -2.22. The number of aliphatic hydroxyl groups is 1. The molecule has 2 unspecified atom stereocenters. The molecule has 0 aromatic heterocycles. The standard InChI is InChI=1S/C25H29N3O6S/c1-2-23(30)27-20-14-21(16-29)28(15-20)35(32,33)22-8-6-19(7-9-22)25(31)26-12-10-17-4-3-5-18-11-13-34-24(17)18/h2-9,20-21,29H,1,10-16H2,(H,26,31)(H,27,30). The second-order valence-electron chi connectivity index (χ2n) is 8.59. The first-order valence-corrected chi connectivity index (χ1v) is 12.9. The van der Waals surface area contributed by atoms with E-state index in [1.54, 1.807) is 0 Å². The van der Waals surface area contributed by atoms with E-state index in [1.165, 1.54) is 34.1 Å². The van der Waals surface area contributed by atoms with Gasteiger partial charge in [-0.05, 0) is 54.3 Å². The van der Waals surface area contributed by atoms with Crippen molar-refractivity contribution >= 4 is 21.8 Å². The van der Waals surface area contributed by atoms with Crippen molar-refractivity contribution in [3.63, 3.8) is 0 Å². The first kappa shape index (κ1) is 24.9. The van der Waals surface area contributed by atoms with Gasteiger partial charge in [-0.25, -0.2) is 8.42 Å². The summed E-state index contributed by atoms with van der Waals surface area (Å²) in [7, 11) is -3.93. The number of hydrogen-bond donors (Lipinski definition) is 3. The molecule has 0 saturated carbocycles. The van der Waals surface area contributed by atoms with Crippen molar-refractivity contribution in [3.05, 3.63) is 71.8 Å². The predicted molar refractivity (Wildman–Crippen MR) is 130 cm³/mol. The number of benzene rings is 2. The molecule has 2 amide bonds. The molecule has 2 aliphatic rings. The highest BCUT2D eigenvalue weighted by Gasteiger charge is 2.40. The monoisotopic (exact) mass is 499 g/mol. The lowest BCUT2D eigenvalue weighted by molar-refractivity contribution is -0.117. The number of nitrogens with one attached hydrogen (secondary N) is 2. The molecule has 0 spiro atoms. The number of hydrogen-bond acceptors (Lipinski definition) is 6. The molecule has 0 aliphatic carbocycles. The Balaban J connectivity index is 1.37. The number of aliphatic hydroxyl groups excluding tert-OH is 1. The molecule has 1 fully saturated rings. The topological polar surface area (TPSA) is 125 Å². The van der Waals surface area contributed by atoms with Gasteiger partial charge in [0.25, 0.3) is 5.91 Å². The van der Waals surface area contributed by atoms with Gasteiger partial charge in [0.05, 0.1) is 24.2 Å². The Morgan fingerprint density at radius 1 is 1.20 bits per heavy atom.